The molecule has 0 heterocycles. The van der Waals surface area contributed by atoms with E-state index >= 15 is 0 Å². The summed E-state index contributed by atoms with van der Waals surface area (Å²) in [6, 6.07) is 22.7. The lowest BCUT2D eigenvalue weighted by Gasteiger charge is -2.21. The van der Waals surface area contributed by atoms with Crippen LogP contribution in [0.25, 0.3) is 11.1 Å². The summed E-state index contributed by atoms with van der Waals surface area (Å²) in [6.45, 7) is 2.01. The van der Waals surface area contributed by atoms with Crippen molar-refractivity contribution in [3.05, 3.63) is 95.1 Å². The quantitative estimate of drug-likeness (QED) is 0.451. The maximum atomic E-state index is 12.8. The van der Waals surface area contributed by atoms with Gasteiger partial charge in [0.2, 0.25) is 0 Å². The van der Waals surface area contributed by atoms with Gasteiger partial charge in [0, 0.05) is 12.0 Å². The Bertz CT molecular complexity index is 1080. The molecule has 0 saturated carbocycles. The fourth-order valence-corrected chi connectivity index (χ4v) is 4.36. The minimum Gasteiger partial charge on any atom is -0.481 e. The second-order valence-electron chi connectivity index (χ2n) is 7.97. The maximum Gasteiger partial charge on any atom is 0.321 e. The van der Waals surface area contributed by atoms with Gasteiger partial charge in [0.15, 0.2) is 5.92 Å². The van der Waals surface area contributed by atoms with Crippen LogP contribution in [0.5, 0.6) is 0 Å². The molecule has 0 saturated heterocycles. The molecule has 31 heavy (non-hydrogen) atoms. The molecule has 2 atom stereocenters. The first-order valence-electron chi connectivity index (χ1n) is 10.3. The second-order valence-corrected chi connectivity index (χ2v) is 7.97. The predicted molar refractivity (Wildman–Crippen MR) is 119 cm³/mol. The highest BCUT2D eigenvalue weighted by Gasteiger charge is 2.36. The van der Waals surface area contributed by atoms with E-state index in [-0.39, 0.29) is 18.9 Å². The summed E-state index contributed by atoms with van der Waals surface area (Å²) < 4.78 is 5.55. The van der Waals surface area contributed by atoms with Crippen LogP contribution in [0.15, 0.2) is 72.8 Å². The van der Waals surface area contributed by atoms with Crippen LogP contribution in [0.3, 0.4) is 0 Å². The van der Waals surface area contributed by atoms with Gasteiger partial charge in [-0.2, -0.15) is 0 Å². The zero-order valence-electron chi connectivity index (χ0n) is 17.3. The zero-order chi connectivity index (χ0) is 22.0. The SMILES string of the molecule is Cc1ccccc1CC(N)C(C(=O)O)C(=O)OCC1c2ccccc2-c2ccccc21. The first kappa shape index (κ1) is 20.8. The molecule has 0 fully saturated rings. The van der Waals surface area contributed by atoms with Gasteiger partial charge >= 0.3 is 11.9 Å². The number of ether oxygens (including phenoxy) is 1. The van der Waals surface area contributed by atoms with Crippen LogP contribution in [-0.2, 0) is 20.7 Å². The highest BCUT2D eigenvalue weighted by molar-refractivity contribution is 5.95. The van der Waals surface area contributed by atoms with Crippen molar-refractivity contribution in [2.45, 2.75) is 25.3 Å². The van der Waals surface area contributed by atoms with E-state index in [0.717, 1.165) is 33.4 Å². The molecular formula is C26H25NO4. The number of carboxylic acids is 1. The van der Waals surface area contributed by atoms with Gasteiger partial charge < -0.3 is 15.6 Å². The summed E-state index contributed by atoms with van der Waals surface area (Å²) >= 11 is 0. The highest BCUT2D eigenvalue weighted by atomic mass is 16.5. The minimum atomic E-state index is -1.42. The number of nitrogens with two attached hydrogens (primary N) is 1. The lowest BCUT2D eigenvalue weighted by Crippen LogP contribution is -2.43. The molecule has 0 aromatic heterocycles. The average molecular weight is 415 g/mol. The number of rotatable bonds is 7. The molecule has 0 aliphatic heterocycles. The number of hydrogen-bond donors (Lipinski definition) is 2. The maximum absolute atomic E-state index is 12.8. The Morgan fingerprint density at radius 2 is 1.48 bits per heavy atom. The third-order valence-corrected chi connectivity index (χ3v) is 6.02. The van der Waals surface area contributed by atoms with Gasteiger partial charge in [-0.05, 0) is 46.7 Å². The summed E-state index contributed by atoms with van der Waals surface area (Å²) in [5, 5.41) is 9.69. The lowest BCUT2D eigenvalue weighted by atomic mass is 9.92. The monoisotopic (exact) mass is 415 g/mol. The Kier molecular flexibility index (Phi) is 5.87. The molecule has 158 valence electrons. The standard InChI is InChI=1S/C26H25NO4/c1-16-8-2-3-9-17(16)14-23(27)24(25(28)29)26(30)31-15-22-20-12-6-4-10-18(20)19-11-5-7-13-21(19)22/h2-13,22-24H,14-15,27H2,1H3,(H,28,29). The Hall–Kier alpha value is -3.44. The third-order valence-electron chi connectivity index (χ3n) is 6.02. The van der Waals surface area contributed by atoms with E-state index in [1.54, 1.807) is 0 Å². The molecule has 5 heteroatoms. The van der Waals surface area contributed by atoms with Gasteiger partial charge in [0.05, 0.1) is 0 Å². The number of aryl methyl sites for hydroxylation is 1. The molecular weight excluding hydrogens is 390 g/mol. The number of aliphatic carboxylic acids is 1. The second kappa shape index (κ2) is 8.74. The Morgan fingerprint density at radius 3 is 2.06 bits per heavy atom. The topological polar surface area (TPSA) is 89.6 Å². The van der Waals surface area contributed by atoms with Crippen molar-refractivity contribution in [3.8, 4) is 11.1 Å². The van der Waals surface area contributed by atoms with Crippen LogP contribution in [0.4, 0.5) is 0 Å². The largest absolute Gasteiger partial charge is 0.481 e. The summed E-state index contributed by atoms with van der Waals surface area (Å²) in [6.07, 6.45) is 0.286. The number of carboxylic acid groups (broad SMARTS) is 1. The highest BCUT2D eigenvalue weighted by Crippen LogP contribution is 2.44. The number of hydrogen-bond acceptors (Lipinski definition) is 4. The molecule has 1 aliphatic rings. The molecule has 3 N–H and O–H groups in total. The fraction of sp³-hybridized carbons (Fsp3) is 0.231. The van der Waals surface area contributed by atoms with E-state index in [4.69, 9.17) is 10.5 Å². The number of benzene rings is 3. The molecule has 0 spiro atoms. The van der Waals surface area contributed by atoms with Crippen molar-refractivity contribution in [2.75, 3.05) is 6.61 Å². The third kappa shape index (κ3) is 4.09. The first-order chi connectivity index (χ1) is 15.0. The summed E-state index contributed by atoms with van der Waals surface area (Å²) in [5.74, 6) is -3.61. The van der Waals surface area contributed by atoms with Crippen molar-refractivity contribution in [1.82, 2.24) is 0 Å². The molecule has 3 aromatic rings. The summed E-state index contributed by atoms with van der Waals surface area (Å²) in [4.78, 5) is 24.7. The first-order valence-corrected chi connectivity index (χ1v) is 10.3. The molecule has 2 unspecified atom stereocenters. The van der Waals surface area contributed by atoms with Crippen LogP contribution in [0.2, 0.25) is 0 Å². The number of fused-ring (bicyclic) bond motifs is 3. The summed E-state index contributed by atoms with van der Waals surface area (Å²) in [7, 11) is 0. The molecule has 0 radical (unpaired) electrons. The van der Waals surface area contributed by atoms with Crippen molar-refractivity contribution in [1.29, 1.82) is 0 Å². The zero-order valence-corrected chi connectivity index (χ0v) is 17.3. The molecule has 3 aromatic carbocycles. The Morgan fingerprint density at radius 1 is 0.935 bits per heavy atom. The van der Waals surface area contributed by atoms with E-state index in [1.807, 2.05) is 79.7 Å². The van der Waals surface area contributed by atoms with Crippen molar-refractivity contribution < 1.29 is 19.4 Å². The molecule has 4 rings (SSSR count). The minimum absolute atomic E-state index is 0.0771. The van der Waals surface area contributed by atoms with E-state index in [2.05, 4.69) is 0 Å². The van der Waals surface area contributed by atoms with Crippen LogP contribution in [0, 0.1) is 12.8 Å². The van der Waals surface area contributed by atoms with E-state index in [1.165, 1.54) is 0 Å². The number of carbonyl (C=O) groups is 2. The lowest BCUT2D eigenvalue weighted by molar-refractivity contribution is -0.159. The van der Waals surface area contributed by atoms with Crippen LogP contribution in [-0.4, -0.2) is 29.7 Å². The van der Waals surface area contributed by atoms with Gasteiger partial charge in [-0.25, -0.2) is 0 Å². The Labute approximate surface area is 181 Å². The van der Waals surface area contributed by atoms with Gasteiger partial charge in [-0.1, -0.05) is 72.8 Å². The smallest absolute Gasteiger partial charge is 0.321 e. The van der Waals surface area contributed by atoms with Crippen molar-refractivity contribution in [3.63, 3.8) is 0 Å². The van der Waals surface area contributed by atoms with Crippen molar-refractivity contribution >= 4 is 11.9 Å². The van der Waals surface area contributed by atoms with E-state index < -0.39 is 23.9 Å². The van der Waals surface area contributed by atoms with E-state index in [9.17, 15) is 14.7 Å². The van der Waals surface area contributed by atoms with Gasteiger partial charge in [-0.15, -0.1) is 0 Å². The van der Waals surface area contributed by atoms with Crippen molar-refractivity contribution in [2.24, 2.45) is 11.7 Å². The number of carbonyl (C=O) groups excluding carboxylic acids is 1. The summed E-state index contributed by atoms with van der Waals surface area (Å²) in [5.41, 5.74) is 12.5. The van der Waals surface area contributed by atoms with Crippen LogP contribution >= 0.6 is 0 Å². The molecule has 0 bridgehead atoms. The molecule has 0 amide bonds. The molecule has 1 aliphatic carbocycles. The number of esters is 1. The predicted octanol–water partition coefficient (Wildman–Crippen LogP) is 3.92. The normalized spacial score (nSPS) is 14.4. The average Bonchev–Trinajstić information content (AvgIpc) is 3.07. The molecule has 5 nitrogen and oxygen atoms in total. The Balaban J connectivity index is 1.50. The van der Waals surface area contributed by atoms with Crippen LogP contribution < -0.4 is 5.73 Å². The van der Waals surface area contributed by atoms with Gasteiger partial charge in [0.25, 0.3) is 0 Å². The fourth-order valence-electron chi connectivity index (χ4n) is 4.36. The van der Waals surface area contributed by atoms with E-state index in [0.29, 0.717) is 0 Å². The van der Waals surface area contributed by atoms with Gasteiger partial charge in [0.1, 0.15) is 6.61 Å². The van der Waals surface area contributed by atoms with Gasteiger partial charge in [-0.3, -0.25) is 9.59 Å². The van der Waals surface area contributed by atoms with Crippen LogP contribution in [0.1, 0.15) is 28.2 Å².